The number of carbonyl (C=O) groups is 2. The number of amides is 2. The molecular formula is C36H29Cl4F3N12O5. The molecule has 0 fully saturated rings. The highest BCUT2D eigenvalue weighted by atomic mass is 35.5. The maximum atomic E-state index is 13.4. The second kappa shape index (κ2) is 24.8. The maximum absolute atomic E-state index is 13.4. The highest BCUT2D eigenvalue weighted by Gasteiger charge is 2.08. The molecule has 0 unspecified atom stereocenters. The largest absolute Gasteiger partial charge is 0.484 e. The number of nitriles is 1. The Labute approximate surface area is 358 Å². The van der Waals surface area contributed by atoms with Gasteiger partial charge in [0.15, 0.2) is 54.1 Å². The zero-order valence-electron chi connectivity index (χ0n) is 30.3. The summed E-state index contributed by atoms with van der Waals surface area (Å²) < 4.78 is 54.2. The van der Waals surface area contributed by atoms with Crippen molar-refractivity contribution in [3.05, 3.63) is 130 Å². The van der Waals surface area contributed by atoms with Gasteiger partial charge in [0, 0.05) is 17.1 Å². The van der Waals surface area contributed by atoms with Gasteiger partial charge < -0.3 is 42.0 Å². The van der Waals surface area contributed by atoms with Gasteiger partial charge in [0.25, 0.3) is 11.8 Å². The van der Waals surface area contributed by atoms with Crippen molar-refractivity contribution < 1.29 is 37.0 Å². The number of nitrogens with one attached hydrogen (secondary N) is 2. The van der Waals surface area contributed by atoms with Crippen LogP contribution in [0.15, 0.2) is 91.4 Å². The number of benzene rings is 3. The van der Waals surface area contributed by atoms with E-state index in [0.717, 1.165) is 18.6 Å². The van der Waals surface area contributed by atoms with Crippen molar-refractivity contribution in [1.29, 1.82) is 5.26 Å². The number of primary amides is 2. The number of hydrogen-bond donors (Lipinski definition) is 5. The Morgan fingerprint density at radius 1 is 0.600 bits per heavy atom. The molecule has 312 valence electrons. The average molecular weight is 909 g/mol. The number of rotatable bonds is 12. The highest BCUT2D eigenvalue weighted by molar-refractivity contribution is 6.31. The lowest BCUT2D eigenvalue weighted by molar-refractivity contribution is -0.120. The first-order valence-electron chi connectivity index (χ1n) is 16.2. The number of carbonyl (C=O) groups excluding carboxylic acids is 2. The summed E-state index contributed by atoms with van der Waals surface area (Å²) in [5.74, 6) is -1.39. The van der Waals surface area contributed by atoms with E-state index in [9.17, 15) is 22.8 Å². The third-order valence-corrected chi connectivity index (χ3v) is 7.09. The van der Waals surface area contributed by atoms with E-state index < -0.39 is 29.3 Å². The van der Waals surface area contributed by atoms with Crippen LogP contribution in [0.4, 0.5) is 41.9 Å². The van der Waals surface area contributed by atoms with Gasteiger partial charge in [-0.15, -0.1) is 0 Å². The van der Waals surface area contributed by atoms with E-state index in [1.54, 1.807) is 72.8 Å². The average Bonchev–Trinajstić information content (AvgIpc) is 3.22. The number of aromatic nitrogens is 6. The van der Waals surface area contributed by atoms with Crippen molar-refractivity contribution in [3.63, 3.8) is 0 Å². The van der Waals surface area contributed by atoms with E-state index in [-0.39, 0.29) is 52.5 Å². The molecule has 0 spiro atoms. The van der Waals surface area contributed by atoms with Crippen LogP contribution in [-0.2, 0) is 9.59 Å². The Morgan fingerprint density at radius 3 is 1.33 bits per heavy atom. The van der Waals surface area contributed by atoms with E-state index >= 15 is 0 Å². The SMILES string of the molecule is Fc1cnc(Cl)nc1Cl.N#CCOc1ccc(Nc2nc(Cl)ncc2F)cc1.NC(=O)COc1ccc(N)cc1.NC(=O)COc1ccc(Nc2nc(Cl)ncc2F)cc1. The molecule has 0 aliphatic rings. The minimum absolute atomic E-state index is 0.00862. The molecule has 3 heterocycles. The summed E-state index contributed by atoms with van der Waals surface area (Å²) in [7, 11) is 0. The van der Waals surface area contributed by atoms with Crippen molar-refractivity contribution in [2.45, 2.75) is 0 Å². The normalized spacial score (nSPS) is 9.77. The topological polar surface area (TPSA) is 265 Å². The smallest absolute Gasteiger partial charge is 0.255 e. The quantitative estimate of drug-likeness (QED) is 0.0478. The molecule has 3 aromatic heterocycles. The Hall–Kier alpha value is -6.92. The van der Waals surface area contributed by atoms with E-state index in [4.69, 9.17) is 83.1 Å². The van der Waals surface area contributed by atoms with Crippen LogP contribution in [0.2, 0.25) is 21.0 Å². The highest BCUT2D eigenvalue weighted by Crippen LogP contribution is 2.23. The van der Waals surface area contributed by atoms with Gasteiger partial charge in [-0.05, 0) is 108 Å². The summed E-state index contributed by atoms with van der Waals surface area (Å²) >= 11 is 21.6. The van der Waals surface area contributed by atoms with Gasteiger partial charge in [-0.25, -0.2) is 33.1 Å². The van der Waals surface area contributed by atoms with Crippen LogP contribution < -0.4 is 42.0 Å². The molecule has 8 N–H and O–H groups in total. The summed E-state index contributed by atoms with van der Waals surface area (Å²) in [6, 6.07) is 21.7. The van der Waals surface area contributed by atoms with E-state index in [0.29, 0.717) is 34.3 Å². The minimum Gasteiger partial charge on any atom is -0.484 e. The van der Waals surface area contributed by atoms with Gasteiger partial charge in [-0.2, -0.15) is 15.2 Å². The fourth-order valence-corrected chi connectivity index (χ4v) is 4.30. The third-order valence-electron chi connectivity index (χ3n) is 6.28. The molecule has 0 aliphatic carbocycles. The fraction of sp³-hybridized carbons (Fsp3) is 0.0833. The molecule has 0 atom stereocenters. The Morgan fingerprint density at radius 2 is 0.967 bits per heavy atom. The van der Waals surface area contributed by atoms with Crippen LogP contribution in [0.1, 0.15) is 0 Å². The maximum Gasteiger partial charge on any atom is 0.255 e. The van der Waals surface area contributed by atoms with Crippen LogP contribution in [0.25, 0.3) is 0 Å². The number of nitrogens with zero attached hydrogens (tertiary/aromatic N) is 7. The van der Waals surface area contributed by atoms with Crippen LogP contribution in [0.3, 0.4) is 0 Å². The zero-order valence-corrected chi connectivity index (χ0v) is 33.4. The first-order chi connectivity index (χ1) is 28.6. The zero-order chi connectivity index (χ0) is 44.0. The standard InChI is InChI=1S/C12H10ClFN4O2.C12H8ClFN4O.C8H10N2O2.C4HCl2FN2/c13-12-16-5-9(14)11(18-12)17-7-1-3-8(4-2-7)20-6-10(15)19;13-12-16-7-10(14)11(18-12)17-8-1-3-9(4-2-8)19-6-5-15;9-6-1-3-7(4-2-6)12-5-8(10)11;5-3-2(7)1-8-4(6)9-3/h1-5H,6H2,(H2,15,19)(H,16,17,18);1-4,7H,6H2,(H,16,17,18);1-4H,5,9H2,(H2,10,11);1H. The Bertz CT molecular complexity index is 2370. The first-order valence-corrected chi connectivity index (χ1v) is 17.7. The number of halogens is 7. The lowest BCUT2D eigenvalue weighted by atomic mass is 10.3. The second-order valence-electron chi connectivity index (χ2n) is 10.8. The summed E-state index contributed by atoms with van der Waals surface area (Å²) in [5, 5.41) is 13.5. The number of ether oxygens (including phenoxy) is 3. The molecule has 0 saturated carbocycles. The Kier molecular flexibility index (Phi) is 19.6. The molecule has 6 rings (SSSR count). The molecule has 0 radical (unpaired) electrons. The molecule has 0 saturated heterocycles. The molecule has 0 bridgehead atoms. The molecular weight excluding hydrogens is 879 g/mol. The van der Waals surface area contributed by atoms with Crippen LogP contribution in [0, 0.1) is 28.8 Å². The molecule has 17 nitrogen and oxygen atoms in total. The summed E-state index contributed by atoms with van der Waals surface area (Å²) in [4.78, 5) is 42.0. The van der Waals surface area contributed by atoms with Gasteiger partial charge in [0.1, 0.15) is 23.3 Å². The molecule has 3 aromatic carbocycles. The molecule has 0 aliphatic heterocycles. The van der Waals surface area contributed by atoms with Crippen molar-refractivity contribution in [1.82, 2.24) is 29.9 Å². The predicted molar refractivity (Wildman–Crippen MR) is 217 cm³/mol. The molecule has 2 amide bonds. The number of nitrogen functional groups attached to an aromatic ring is 1. The second-order valence-corrected chi connectivity index (χ2v) is 12.1. The van der Waals surface area contributed by atoms with Crippen LogP contribution in [-0.4, -0.2) is 61.5 Å². The lowest BCUT2D eigenvalue weighted by Crippen LogP contribution is -2.19. The van der Waals surface area contributed by atoms with Crippen molar-refractivity contribution in [2.24, 2.45) is 11.5 Å². The van der Waals surface area contributed by atoms with Gasteiger partial charge in [0.2, 0.25) is 15.9 Å². The lowest BCUT2D eigenvalue weighted by Gasteiger charge is -2.08. The van der Waals surface area contributed by atoms with Crippen molar-refractivity contribution in [2.75, 3.05) is 36.2 Å². The van der Waals surface area contributed by atoms with Crippen molar-refractivity contribution in [3.8, 4) is 23.3 Å². The summed E-state index contributed by atoms with van der Waals surface area (Å²) in [6.07, 6.45) is 2.88. The van der Waals surface area contributed by atoms with Gasteiger partial charge in [-0.3, -0.25) is 9.59 Å². The summed E-state index contributed by atoms with van der Waals surface area (Å²) in [5.41, 5.74) is 17.1. The first kappa shape index (κ1) is 47.5. The van der Waals surface area contributed by atoms with Gasteiger partial charge in [0.05, 0.1) is 18.6 Å². The molecule has 24 heteroatoms. The fourth-order valence-electron chi connectivity index (χ4n) is 3.72. The minimum atomic E-state index is -0.666. The van der Waals surface area contributed by atoms with Crippen LogP contribution in [0.5, 0.6) is 17.2 Å². The Balaban J connectivity index is 0.000000223. The van der Waals surface area contributed by atoms with E-state index in [1.165, 1.54) is 0 Å². The molecule has 6 aromatic rings. The van der Waals surface area contributed by atoms with E-state index in [2.05, 4.69) is 40.5 Å². The number of hydrogen-bond acceptors (Lipinski definition) is 15. The van der Waals surface area contributed by atoms with Gasteiger partial charge in [-0.1, -0.05) is 11.6 Å². The van der Waals surface area contributed by atoms with Crippen molar-refractivity contribution >= 4 is 86.9 Å². The monoisotopic (exact) mass is 906 g/mol. The third kappa shape index (κ3) is 18.1. The van der Waals surface area contributed by atoms with Crippen LogP contribution >= 0.6 is 46.4 Å². The summed E-state index contributed by atoms with van der Waals surface area (Å²) in [6.45, 7) is -0.338. The number of nitrogens with two attached hydrogens (primary N) is 3. The van der Waals surface area contributed by atoms with E-state index in [1.807, 2.05) is 6.07 Å². The molecule has 60 heavy (non-hydrogen) atoms. The van der Waals surface area contributed by atoms with Gasteiger partial charge >= 0.3 is 0 Å². The number of anilines is 5. The predicted octanol–water partition coefficient (Wildman–Crippen LogP) is 6.85.